The van der Waals surface area contributed by atoms with Crippen molar-refractivity contribution in [3.63, 3.8) is 0 Å². The van der Waals surface area contributed by atoms with Gasteiger partial charge in [-0.2, -0.15) is 0 Å². The van der Waals surface area contributed by atoms with Crippen LogP contribution in [0.25, 0.3) is 0 Å². The van der Waals surface area contributed by atoms with E-state index in [1.165, 1.54) is 23.1 Å². The Hall–Kier alpha value is -3.37. The lowest BCUT2D eigenvalue weighted by atomic mass is 10.0. The monoisotopic (exact) mass is 743 g/mol. The van der Waals surface area contributed by atoms with E-state index in [4.69, 9.17) is 23.2 Å². The Labute approximate surface area is 289 Å². The van der Waals surface area contributed by atoms with E-state index in [0.717, 1.165) is 38.3 Å². The van der Waals surface area contributed by atoms with Gasteiger partial charge in [-0.3, -0.25) is 13.9 Å². The van der Waals surface area contributed by atoms with Gasteiger partial charge >= 0.3 is 0 Å². The van der Waals surface area contributed by atoms with Crippen LogP contribution >= 0.6 is 39.1 Å². The number of anilines is 1. The SMILES string of the molecule is CCCCNC(=O)[C@H](Cc1ccccc1)N(Cc1ccc(Br)cc1)C(=O)CN(c1cccc(Cl)c1Cl)S(=O)(=O)c1ccc(C)cc1. The highest BCUT2D eigenvalue weighted by Crippen LogP contribution is 2.35. The molecule has 2 amide bonds. The lowest BCUT2D eigenvalue weighted by Gasteiger charge is -2.34. The highest BCUT2D eigenvalue weighted by Gasteiger charge is 2.35. The van der Waals surface area contributed by atoms with Crippen LogP contribution in [0.4, 0.5) is 5.69 Å². The van der Waals surface area contributed by atoms with Gasteiger partial charge in [0.15, 0.2) is 0 Å². The van der Waals surface area contributed by atoms with Crippen molar-refractivity contribution < 1.29 is 18.0 Å². The van der Waals surface area contributed by atoms with Crippen LogP contribution in [0.5, 0.6) is 0 Å². The number of hydrogen-bond donors (Lipinski definition) is 1. The molecule has 0 aromatic heterocycles. The smallest absolute Gasteiger partial charge is 0.264 e. The molecule has 4 aromatic rings. The van der Waals surface area contributed by atoms with Crippen LogP contribution in [0.3, 0.4) is 0 Å². The summed E-state index contributed by atoms with van der Waals surface area (Å²) in [7, 11) is -4.30. The van der Waals surface area contributed by atoms with E-state index < -0.39 is 28.5 Å². The molecule has 1 atom stereocenters. The normalized spacial score (nSPS) is 11.9. The molecule has 1 N–H and O–H groups in total. The molecule has 0 aliphatic heterocycles. The number of nitrogens with one attached hydrogen (secondary N) is 1. The number of benzene rings is 4. The number of unbranched alkanes of at least 4 members (excludes halogenated alkanes) is 1. The number of halogens is 3. The quantitative estimate of drug-likeness (QED) is 0.134. The molecule has 0 aliphatic carbocycles. The third-order valence-corrected chi connectivity index (χ3v) is 10.6. The van der Waals surface area contributed by atoms with Gasteiger partial charge in [0.25, 0.3) is 10.0 Å². The molecule has 0 saturated carbocycles. The molecule has 4 aromatic carbocycles. The summed E-state index contributed by atoms with van der Waals surface area (Å²) in [5, 5.41) is 3.12. The second-order valence-corrected chi connectivity index (χ2v) is 14.5. The molecule has 11 heteroatoms. The summed E-state index contributed by atoms with van der Waals surface area (Å²) in [5.41, 5.74) is 2.55. The summed E-state index contributed by atoms with van der Waals surface area (Å²) in [6, 6.07) is 26.9. The second kappa shape index (κ2) is 16.5. The third kappa shape index (κ3) is 9.12. The van der Waals surface area contributed by atoms with E-state index in [-0.39, 0.29) is 39.5 Å². The van der Waals surface area contributed by atoms with Crippen LogP contribution in [0.1, 0.15) is 36.5 Å². The average molecular weight is 746 g/mol. The Morgan fingerprint density at radius 3 is 2.20 bits per heavy atom. The molecule has 7 nitrogen and oxygen atoms in total. The van der Waals surface area contributed by atoms with E-state index in [1.807, 2.05) is 68.4 Å². The summed E-state index contributed by atoms with van der Waals surface area (Å²) in [6.45, 7) is 3.77. The van der Waals surface area contributed by atoms with Gasteiger partial charge in [-0.25, -0.2) is 8.42 Å². The first-order valence-corrected chi connectivity index (χ1v) is 17.9. The molecule has 242 valence electrons. The number of rotatable bonds is 14. The van der Waals surface area contributed by atoms with Crippen molar-refractivity contribution in [2.24, 2.45) is 0 Å². The van der Waals surface area contributed by atoms with Crippen molar-refractivity contribution in [1.29, 1.82) is 0 Å². The van der Waals surface area contributed by atoms with Gasteiger partial charge in [-0.05, 0) is 60.9 Å². The summed E-state index contributed by atoms with van der Waals surface area (Å²) in [4.78, 5) is 29.8. The number of hydrogen-bond acceptors (Lipinski definition) is 4. The van der Waals surface area contributed by atoms with Crippen LogP contribution in [-0.4, -0.2) is 44.3 Å². The minimum Gasteiger partial charge on any atom is -0.354 e. The first-order chi connectivity index (χ1) is 22.0. The summed E-state index contributed by atoms with van der Waals surface area (Å²) in [5.74, 6) is -0.905. The molecule has 0 unspecified atom stereocenters. The van der Waals surface area contributed by atoms with Gasteiger partial charge in [-0.15, -0.1) is 0 Å². The van der Waals surface area contributed by atoms with Gasteiger partial charge < -0.3 is 10.2 Å². The molecule has 4 rings (SSSR count). The fraction of sp³-hybridized carbons (Fsp3) is 0.257. The highest BCUT2D eigenvalue weighted by atomic mass is 79.9. The zero-order chi connectivity index (χ0) is 33.3. The van der Waals surface area contributed by atoms with Crippen molar-refractivity contribution in [3.8, 4) is 0 Å². The molecule has 0 aliphatic rings. The zero-order valence-corrected chi connectivity index (χ0v) is 29.5. The van der Waals surface area contributed by atoms with E-state index >= 15 is 0 Å². The standard InChI is InChI=1S/C35H36BrCl2N3O4S/c1-3-4-21-39-35(43)32(22-26-9-6-5-7-10-26)40(23-27-15-17-28(36)18-16-27)33(42)24-41(31-12-8-11-30(37)34(31)38)46(44,45)29-19-13-25(2)14-20-29/h5-20,32H,3-4,21-24H2,1-2H3,(H,39,43)/t32-/m0/s1. The first-order valence-electron chi connectivity index (χ1n) is 14.9. The summed E-state index contributed by atoms with van der Waals surface area (Å²) < 4.78 is 30.2. The Kier molecular flexibility index (Phi) is 12.7. The van der Waals surface area contributed by atoms with Gasteiger partial charge in [0.2, 0.25) is 11.8 Å². The lowest BCUT2D eigenvalue weighted by molar-refractivity contribution is -0.140. The molecule has 0 radical (unpaired) electrons. The molecule has 0 spiro atoms. The Morgan fingerprint density at radius 1 is 0.870 bits per heavy atom. The van der Waals surface area contributed by atoms with Gasteiger partial charge in [0.05, 0.1) is 20.6 Å². The molecular formula is C35H36BrCl2N3O4S. The average Bonchev–Trinajstić information content (AvgIpc) is 3.04. The maximum atomic E-state index is 14.5. The summed E-state index contributed by atoms with van der Waals surface area (Å²) in [6.07, 6.45) is 1.89. The highest BCUT2D eigenvalue weighted by molar-refractivity contribution is 9.10. The van der Waals surface area contributed by atoms with Crippen molar-refractivity contribution >= 4 is 66.7 Å². The number of sulfonamides is 1. The predicted octanol–water partition coefficient (Wildman–Crippen LogP) is 7.82. The minimum absolute atomic E-state index is 0.00902. The van der Waals surface area contributed by atoms with E-state index in [0.29, 0.717) is 6.54 Å². The molecule has 0 bridgehead atoms. The van der Waals surface area contributed by atoms with Crippen molar-refractivity contribution in [1.82, 2.24) is 10.2 Å². The van der Waals surface area contributed by atoms with Crippen LogP contribution in [0.2, 0.25) is 10.0 Å². The van der Waals surface area contributed by atoms with Gasteiger partial charge in [-0.1, -0.05) is 119 Å². The van der Waals surface area contributed by atoms with Crippen LogP contribution in [0, 0.1) is 6.92 Å². The summed E-state index contributed by atoms with van der Waals surface area (Å²) >= 11 is 16.4. The zero-order valence-electron chi connectivity index (χ0n) is 25.6. The van der Waals surface area contributed by atoms with Gasteiger partial charge in [0.1, 0.15) is 12.6 Å². The predicted molar refractivity (Wildman–Crippen MR) is 189 cm³/mol. The number of amides is 2. The number of aryl methyl sites for hydroxylation is 1. The van der Waals surface area contributed by atoms with E-state index in [1.54, 1.807) is 24.3 Å². The Morgan fingerprint density at radius 2 is 1.54 bits per heavy atom. The van der Waals surface area contributed by atoms with Crippen molar-refractivity contribution in [3.05, 3.63) is 128 Å². The molecular weight excluding hydrogens is 709 g/mol. The molecule has 0 saturated heterocycles. The third-order valence-electron chi connectivity index (χ3n) is 7.45. The van der Waals surface area contributed by atoms with Crippen LogP contribution in [0.15, 0.2) is 106 Å². The van der Waals surface area contributed by atoms with Crippen LogP contribution < -0.4 is 9.62 Å². The molecule has 0 heterocycles. The lowest BCUT2D eigenvalue weighted by Crippen LogP contribution is -2.53. The topological polar surface area (TPSA) is 86.8 Å². The number of carbonyl (C=O) groups excluding carboxylic acids is 2. The minimum atomic E-state index is -4.30. The number of nitrogens with zero attached hydrogens (tertiary/aromatic N) is 2. The fourth-order valence-electron chi connectivity index (χ4n) is 4.88. The van der Waals surface area contributed by atoms with Crippen molar-refractivity contribution in [2.75, 3.05) is 17.4 Å². The van der Waals surface area contributed by atoms with Gasteiger partial charge in [0, 0.05) is 24.0 Å². The van der Waals surface area contributed by atoms with E-state index in [2.05, 4.69) is 21.2 Å². The molecule has 0 fully saturated rings. The first kappa shape index (κ1) is 35.5. The Bertz CT molecular complexity index is 1740. The molecule has 46 heavy (non-hydrogen) atoms. The maximum Gasteiger partial charge on any atom is 0.264 e. The maximum absolute atomic E-state index is 14.5. The fourth-order valence-corrected chi connectivity index (χ4v) is 7.02. The largest absolute Gasteiger partial charge is 0.354 e. The van der Waals surface area contributed by atoms with Crippen molar-refractivity contribution in [2.45, 2.75) is 50.6 Å². The van der Waals surface area contributed by atoms with E-state index in [9.17, 15) is 18.0 Å². The van der Waals surface area contributed by atoms with Crippen LogP contribution in [-0.2, 0) is 32.6 Å². The second-order valence-electron chi connectivity index (χ2n) is 10.9. The number of carbonyl (C=O) groups is 2. The Balaban J connectivity index is 1.81.